The zero-order valence-electron chi connectivity index (χ0n) is 9.14. The summed E-state index contributed by atoms with van der Waals surface area (Å²) in [6.07, 6.45) is 3.26. The number of nitrogens with zero attached hydrogens (tertiary/aromatic N) is 2. The SMILES string of the molecule is Fc1ccc(NCCSc2ccncn2)cc1. The summed E-state index contributed by atoms with van der Waals surface area (Å²) >= 11 is 1.66. The van der Waals surface area contributed by atoms with Crippen LogP contribution in [0.4, 0.5) is 10.1 Å². The van der Waals surface area contributed by atoms with Crippen LogP contribution in [0.1, 0.15) is 0 Å². The molecule has 0 saturated heterocycles. The topological polar surface area (TPSA) is 37.8 Å². The van der Waals surface area contributed by atoms with Crippen molar-refractivity contribution in [2.24, 2.45) is 0 Å². The molecule has 1 aromatic carbocycles. The lowest BCUT2D eigenvalue weighted by Crippen LogP contribution is -2.03. The zero-order chi connectivity index (χ0) is 11.9. The van der Waals surface area contributed by atoms with Crippen molar-refractivity contribution in [2.75, 3.05) is 17.6 Å². The highest BCUT2D eigenvalue weighted by molar-refractivity contribution is 7.99. The number of anilines is 1. The minimum absolute atomic E-state index is 0.217. The van der Waals surface area contributed by atoms with Crippen LogP contribution >= 0.6 is 11.8 Å². The third-order valence-corrected chi connectivity index (χ3v) is 3.03. The Bertz CT molecular complexity index is 447. The van der Waals surface area contributed by atoms with Gasteiger partial charge in [0.25, 0.3) is 0 Å². The molecule has 0 fully saturated rings. The Morgan fingerprint density at radius 2 is 2.00 bits per heavy atom. The van der Waals surface area contributed by atoms with Gasteiger partial charge in [-0.2, -0.15) is 0 Å². The van der Waals surface area contributed by atoms with E-state index in [9.17, 15) is 4.39 Å². The van der Waals surface area contributed by atoms with Gasteiger partial charge in [-0.05, 0) is 30.3 Å². The number of hydrogen-bond donors (Lipinski definition) is 1. The molecule has 2 rings (SSSR count). The van der Waals surface area contributed by atoms with Crippen LogP contribution in [0.3, 0.4) is 0 Å². The predicted molar refractivity (Wildman–Crippen MR) is 67.6 cm³/mol. The summed E-state index contributed by atoms with van der Waals surface area (Å²) in [7, 11) is 0. The number of halogens is 1. The van der Waals surface area contributed by atoms with Crippen molar-refractivity contribution in [3.05, 3.63) is 48.7 Å². The van der Waals surface area contributed by atoms with Crippen LogP contribution in [0.15, 0.2) is 47.9 Å². The van der Waals surface area contributed by atoms with E-state index in [2.05, 4.69) is 15.3 Å². The second kappa shape index (κ2) is 6.20. The molecule has 0 spiro atoms. The van der Waals surface area contributed by atoms with Gasteiger partial charge in [-0.3, -0.25) is 0 Å². The van der Waals surface area contributed by atoms with Gasteiger partial charge in [0.1, 0.15) is 12.1 Å². The Morgan fingerprint density at radius 3 is 2.71 bits per heavy atom. The lowest BCUT2D eigenvalue weighted by atomic mass is 10.3. The van der Waals surface area contributed by atoms with Gasteiger partial charge in [0, 0.05) is 24.2 Å². The van der Waals surface area contributed by atoms with Crippen LogP contribution in [0.5, 0.6) is 0 Å². The summed E-state index contributed by atoms with van der Waals surface area (Å²) in [6.45, 7) is 0.806. The molecule has 17 heavy (non-hydrogen) atoms. The molecule has 0 unspecified atom stereocenters. The van der Waals surface area contributed by atoms with Gasteiger partial charge in [-0.25, -0.2) is 14.4 Å². The fraction of sp³-hybridized carbons (Fsp3) is 0.167. The first-order chi connectivity index (χ1) is 8.34. The third kappa shape index (κ3) is 4.03. The Hall–Kier alpha value is -1.62. The summed E-state index contributed by atoms with van der Waals surface area (Å²) in [5, 5.41) is 4.17. The van der Waals surface area contributed by atoms with E-state index < -0.39 is 0 Å². The Labute approximate surface area is 103 Å². The van der Waals surface area contributed by atoms with Crippen molar-refractivity contribution < 1.29 is 4.39 Å². The Balaban J connectivity index is 1.71. The van der Waals surface area contributed by atoms with Gasteiger partial charge in [0.15, 0.2) is 0 Å². The van der Waals surface area contributed by atoms with Crippen LogP contribution < -0.4 is 5.32 Å². The average molecular weight is 249 g/mol. The van der Waals surface area contributed by atoms with Crippen molar-refractivity contribution in [1.29, 1.82) is 0 Å². The molecule has 0 bridgehead atoms. The first-order valence-corrected chi connectivity index (χ1v) is 6.21. The molecule has 0 amide bonds. The quantitative estimate of drug-likeness (QED) is 0.502. The van der Waals surface area contributed by atoms with Crippen LogP contribution in [-0.2, 0) is 0 Å². The number of aromatic nitrogens is 2. The number of hydrogen-bond acceptors (Lipinski definition) is 4. The normalized spacial score (nSPS) is 10.2. The average Bonchev–Trinajstić information content (AvgIpc) is 2.38. The van der Waals surface area contributed by atoms with Gasteiger partial charge in [-0.15, -0.1) is 11.8 Å². The van der Waals surface area contributed by atoms with Crippen LogP contribution in [0, 0.1) is 5.82 Å². The molecule has 1 N–H and O–H groups in total. The highest BCUT2D eigenvalue weighted by Gasteiger charge is 1.95. The lowest BCUT2D eigenvalue weighted by Gasteiger charge is -2.05. The largest absolute Gasteiger partial charge is 0.384 e. The molecule has 1 aromatic heterocycles. The minimum Gasteiger partial charge on any atom is -0.384 e. The molecule has 1 heterocycles. The molecule has 0 radical (unpaired) electrons. The highest BCUT2D eigenvalue weighted by Crippen LogP contribution is 2.13. The summed E-state index contributed by atoms with van der Waals surface area (Å²) < 4.78 is 12.7. The minimum atomic E-state index is -0.217. The molecular weight excluding hydrogens is 237 g/mol. The molecule has 0 aliphatic rings. The molecule has 2 aromatic rings. The number of rotatable bonds is 5. The van der Waals surface area contributed by atoms with E-state index >= 15 is 0 Å². The maximum atomic E-state index is 12.7. The molecule has 0 saturated carbocycles. The van der Waals surface area contributed by atoms with Crippen molar-refractivity contribution in [2.45, 2.75) is 5.03 Å². The van der Waals surface area contributed by atoms with Crippen LogP contribution in [0.2, 0.25) is 0 Å². The first kappa shape index (κ1) is 11.9. The molecule has 3 nitrogen and oxygen atoms in total. The molecule has 0 atom stereocenters. The van der Waals surface area contributed by atoms with E-state index in [1.807, 2.05) is 6.07 Å². The monoisotopic (exact) mass is 249 g/mol. The fourth-order valence-electron chi connectivity index (χ4n) is 1.28. The number of benzene rings is 1. The predicted octanol–water partition coefficient (Wildman–Crippen LogP) is 2.82. The summed E-state index contributed by atoms with van der Waals surface area (Å²) in [5.41, 5.74) is 0.926. The molecule has 88 valence electrons. The van der Waals surface area contributed by atoms with E-state index in [1.165, 1.54) is 18.5 Å². The van der Waals surface area contributed by atoms with Gasteiger partial charge in [-0.1, -0.05) is 0 Å². The third-order valence-electron chi connectivity index (χ3n) is 2.08. The lowest BCUT2D eigenvalue weighted by molar-refractivity contribution is 0.628. The Morgan fingerprint density at radius 1 is 1.18 bits per heavy atom. The second-order valence-electron chi connectivity index (χ2n) is 3.33. The fourth-order valence-corrected chi connectivity index (χ4v) is 1.97. The molecule has 0 aliphatic carbocycles. The van der Waals surface area contributed by atoms with Crippen LogP contribution in [0.25, 0.3) is 0 Å². The van der Waals surface area contributed by atoms with Gasteiger partial charge < -0.3 is 5.32 Å². The van der Waals surface area contributed by atoms with E-state index in [4.69, 9.17) is 0 Å². The van der Waals surface area contributed by atoms with E-state index in [-0.39, 0.29) is 5.82 Å². The molecule has 5 heteroatoms. The van der Waals surface area contributed by atoms with Crippen molar-refractivity contribution >= 4 is 17.4 Å². The van der Waals surface area contributed by atoms with Crippen molar-refractivity contribution in [1.82, 2.24) is 9.97 Å². The maximum Gasteiger partial charge on any atom is 0.123 e. The van der Waals surface area contributed by atoms with Gasteiger partial charge in [0.2, 0.25) is 0 Å². The Kier molecular flexibility index (Phi) is 4.32. The smallest absolute Gasteiger partial charge is 0.123 e. The molecular formula is C12H12FN3S. The summed E-state index contributed by atoms with van der Waals surface area (Å²) in [6, 6.07) is 8.22. The summed E-state index contributed by atoms with van der Waals surface area (Å²) in [5.74, 6) is 0.680. The maximum absolute atomic E-state index is 12.7. The zero-order valence-corrected chi connectivity index (χ0v) is 9.95. The van der Waals surface area contributed by atoms with Crippen molar-refractivity contribution in [3.8, 4) is 0 Å². The number of thioether (sulfide) groups is 1. The van der Waals surface area contributed by atoms with Crippen molar-refractivity contribution in [3.63, 3.8) is 0 Å². The second-order valence-corrected chi connectivity index (χ2v) is 4.44. The van der Waals surface area contributed by atoms with E-state index in [1.54, 1.807) is 30.1 Å². The van der Waals surface area contributed by atoms with Gasteiger partial charge in [0.05, 0.1) is 5.03 Å². The van der Waals surface area contributed by atoms with E-state index in [0.29, 0.717) is 0 Å². The van der Waals surface area contributed by atoms with Gasteiger partial charge >= 0.3 is 0 Å². The standard InChI is InChI=1S/C12H12FN3S/c13-10-1-3-11(4-2-10)15-7-8-17-12-5-6-14-9-16-12/h1-6,9,15H,7-8H2. The van der Waals surface area contributed by atoms with Crippen LogP contribution in [-0.4, -0.2) is 22.3 Å². The first-order valence-electron chi connectivity index (χ1n) is 5.23. The summed E-state index contributed by atoms with van der Waals surface area (Å²) in [4.78, 5) is 7.96. The van der Waals surface area contributed by atoms with E-state index in [0.717, 1.165) is 23.0 Å². The highest BCUT2D eigenvalue weighted by atomic mass is 32.2. The number of nitrogens with one attached hydrogen (secondary N) is 1. The molecule has 0 aliphatic heterocycles.